The molecular formula is C25H28F3N3O2. The van der Waals surface area contributed by atoms with Gasteiger partial charge in [0.25, 0.3) is 0 Å². The van der Waals surface area contributed by atoms with Crippen LogP contribution in [0.25, 0.3) is 10.9 Å². The molecule has 1 saturated heterocycles. The molecule has 3 fully saturated rings. The second kappa shape index (κ2) is 8.01. The van der Waals surface area contributed by atoms with E-state index in [2.05, 4.69) is 22.2 Å². The molecule has 3 aliphatic rings. The largest absolute Gasteiger partial charge is 0.433 e. The predicted molar refractivity (Wildman–Crippen MR) is 120 cm³/mol. The second-order valence-corrected chi connectivity index (χ2v) is 9.76. The Hall–Kier alpha value is -2.61. The first-order chi connectivity index (χ1) is 15.7. The number of alkyl halides is 3. The van der Waals surface area contributed by atoms with Crippen molar-refractivity contribution < 1.29 is 22.7 Å². The number of rotatable bonds is 5. The number of benzene rings is 1. The molecule has 1 aromatic heterocycles. The number of aromatic nitrogens is 1. The molecule has 1 aromatic carbocycles. The van der Waals surface area contributed by atoms with Gasteiger partial charge in [-0.15, -0.1) is 6.58 Å². The molecule has 2 bridgehead atoms. The van der Waals surface area contributed by atoms with Crippen LogP contribution in [-0.4, -0.2) is 35.2 Å². The molecule has 2 saturated carbocycles. The van der Waals surface area contributed by atoms with Gasteiger partial charge >= 0.3 is 6.18 Å². The Labute approximate surface area is 190 Å². The minimum absolute atomic E-state index is 0.0207. The highest BCUT2D eigenvalue weighted by Crippen LogP contribution is 2.53. The van der Waals surface area contributed by atoms with Crippen molar-refractivity contribution in [3.8, 4) is 0 Å². The summed E-state index contributed by atoms with van der Waals surface area (Å²) >= 11 is 0. The highest BCUT2D eigenvalue weighted by molar-refractivity contribution is 5.91. The zero-order valence-electron chi connectivity index (χ0n) is 18.4. The minimum Gasteiger partial charge on any atom is -0.382 e. The Morgan fingerprint density at radius 3 is 2.70 bits per heavy atom. The van der Waals surface area contributed by atoms with Gasteiger partial charge in [-0.3, -0.25) is 4.79 Å². The summed E-state index contributed by atoms with van der Waals surface area (Å²) in [6.07, 6.45) is 2.82. The fourth-order valence-corrected chi connectivity index (χ4v) is 5.67. The third-order valence-corrected chi connectivity index (χ3v) is 7.53. The third kappa shape index (κ3) is 4.09. The molecule has 5 rings (SSSR count). The van der Waals surface area contributed by atoms with Gasteiger partial charge < -0.3 is 15.4 Å². The molecule has 5 nitrogen and oxygen atoms in total. The summed E-state index contributed by atoms with van der Waals surface area (Å²) in [4.78, 5) is 17.0. The summed E-state index contributed by atoms with van der Waals surface area (Å²) in [6.45, 7) is 4.29. The molecule has 0 spiro atoms. The number of anilines is 1. The van der Waals surface area contributed by atoms with Crippen molar-refractivity contribution in [2.75, 3.05) is 11.9 Å². The van der Waals surface area contributed by atoms with E-state index in [1.807, 2.05) is 6.08 Å². The van der Waals surface area contributed by atoms with Gasteiger partial charge in [0.05, 0.1) is 23.1 Å². The van der Waals surface area contributed by atoms with Crippen molar-refractivity contribution >= 4 is 22.5 Å². The maximum absolute atomic E-state index is 13.4. The van der Waals surface area contributed by atoms with E-state index in [1.165, 1.54) is 0 Å². The van der Waals surface area contributed by atoms with E-state index < -0.39 is 17.3 Å². The van der Waals surface area contributed by atoms with Crippen LogP contribution in [-0.2, 0) is 15.7 Å². The van der Waals surface area contributed by atoms with Crippen molar-refractivity contribution in [3.05, 3.63) is 48.7 Å². The first-order valence-electron chi connectivity index (χ1n) is 11.5. The number of hydrogen-bond acceptors (Lipinski definition) is 4. The summed E-state index contributed by atoms with van der Waals surface area (Å²) in [6, 6.07) is 7.87. The van der Waals surface area contributed by atoms with Crippen molar-refractivity contribution in [1.82, 2.24) is 10.3 Å². The highest BCUT2D eigenvalue weighted by Gasteiger charge is 2.58. The van der Waals surface area contributed by atoms with Crippen LogP contribution in [0, 0.1) is 5.41 Å². The molecule has 2 unspecified atom stereocenters. The average Bonchev–Trinajstić information content (AvgIpc) is 3.37. The lowest BCUT2D eigenvalue weighted by Gasteiger charge is -2.34. The van der Waals surface area contributed by atoms with Crippen molar-refractivity contribution in [2.24, 2.45) is 5.41 Å². The van der Waals surface area contributed by atoms with Gasteiger partial charge in [0.1, 0.15) is 5.69 Å². The summed E-state index contributed by atoms with van der Waals surface area (Å²) in [5.41, 5.74) is -1.03. The maximum atomic E-state index is 13.4. The Morgan fingerprint density at radius 2 is 2.00 bits per heavy atom. The Balaban J connectivity index is 1.30. The number of para-hydroxylation sites is 1. The number of fused-ring (bicyclic) bond motifs is 3. The standard InChI is InChI=1S/C25H28F3N3O2/c1-2-24-11-10-23(14-24,15-33-24)22(32)30-17-7-5-6-16(12-17)29-20-13-21(25(26,27)28)31-19-9-4-3-8-18(19)20/h2-4,8-9,13,16-17H,1,5-7,10-12,14-15H2,(H,29,31)(H,30,32)/t16-,17+,23?,24?/m0/s1. The molecule has 2 heterocycles. The number of nitrogens with one attached hydrogen (secondary N) is 2. The molecular weight excluding hydrogens is 431 g/mol. The molecule has 2 aromatic rings. The number of carbonyl (C=O) groups excluding carboxylic acids is 1. The zero-order valence-corrected chi connectivity index (χ0v) is 18.4. The van der Waals surface area contributed by atoms with Crippen LogP contribution in [0.5, 0.6) is 0 Å². The van der Waals surface area contributed by atoms with E-state index in [4.69, 9.17) is 4.74 Å². The first kappa shape index (κ1) is 22.2. The molecule has 1 amide bonds. The Bertz CT molecular complexity index is 1080. The van der Waals surface area contributed by atoms with Gasteiger partial charge in [0, 0.05) is 23.2 Å². The molecule has 8 heteroatoms. The van der Waals surface area contributed by atoms with E-state index in [9.17, 15) is 18.0 Å². The molecule has 4 atom stereocenters. The topological polar surface area (TPSA) is 63.2 Å². The van der Waals surface area contributed by atoms with Gasteiger partial charge in [0.15, 0.2) is 0 Å². The first-order valence-corrected chi connectivity index (χ1v) is 11.5. The SMILES string of the molecule is C=CC12CCC(C(=O)N[C@@H]3CCC[C@H](Nc4cc(C(F)(F)F)nc5ccccc45)C3)(CO1)C2. The molecule has 2 N–H and O–H groups in total. The summed E-state index contributed by atoms with van der Waals surface area (Å²) in [7, 11) is 0. The van der Waals surface area contributed by atoms with E-state index in [0.29, 0.717) is 36.0 Å². The van der Waals surface area contributed by atoms with E-state index in [0.717, 1.165) is 38.2 Å². The van der Waals surface area contributed by atoms with Crippen molar-refractivity contribution in [3.63, 3.8) is 0 Å². The van der Waals surface area contributed by atoms with Gasteiger partial charge in [-0.05, 0) is 57.1 Å². The van der Waals surface area contributed by atoms with E-state index in [1.54, 1.807) is 24.3 Å². The fourth-order valence-electron chi connectivity index (χ4n) is 5.67. The molecule has 0 radical (unpaired) electrons. The molecule has 1 aliphatic heterocycles. The van der Waals surface area contributed by atoms with Crippen LogP contribution in [0.3, 0.4) is 0 Å². The predicted octanol–water partition coefficient (Wildman–Crippen LogP) is 5.22. The van der Waals surface area contributed by atoms with Gasteiger partial charge in [0.2, 0.25) is 5.91 Å². The molecule has 33 heavy (non-hydrogen) atoms. The zero-order chi connectivity index (χ0) is 23.3. The number of halogens is 3. The van der Waals surface area contributed by atoms with Crippen LogP contribution in [0.15, 0.2) is 43.0 Å². The van der Waals surface area contributed by atoms with Gasteiger partial charge in [-0.2, -0.15) is 13.2 Å². The van der Waals surface area contributed by atoms with Crippen LogP contribution in [0.4, 0.5) is 18.9 Å². The monoisotopic (exact) mass is 459 g/mol. The lowest BCUT2D eigenvalue weighted by atomic mass is 9.84. The highest BCUT2D eigenvalue weighted by atomic mass is 19.4. The summed E-state index contributed by atoms with van der Waals surface area (Å²) in [5.74, 6) is 0.0306. The summed E-state index contributed by atoms with van der Waals surface area (Å²) < 4.78 is 46.1. The Morgan fingerprint density at radius 1 is 1.21 bits per heavy atom. The number of ether oxygens (including phenoxy) is 1. The fraction of sp³-hybridized carbons (Fsp3) is 0.520. The third-order valence-electron chi connectivity index (χ3n) is 7.53. The second-order valence-electron chi connectivity index (χ2n) is 9.76. The number of carbonyl (C=O) groups is 1. The van der Waals surface area contributed by atoms with E-state index in [-0.39, 0.29) is 23.6 Å². The normalized spacial score (nSPS) is 31.5. The summed E-state index contributed by atoms with van der Waals surface area (Å²) in [5, 5.41) is 7.21. The quantitative estimate of drug-likeness (QED) is 0.602. The number of hydrogen-bond donors (Lipinski definition) is 2. The van der Waals surface area contributed by atoms with Crippen LogP contribution in [0.1, 0.15) is 50.6 Å². The van der Waals surface area contributed by atoms with Crippen molar-refractivity contribution in [1.29, 1.82) is 0 Å². The van der Waals surface area contributed by atoms with Crippen LogP contribution < -0.4 is 10.6 Å². The number of amides is 1. The smallest absolute Gasteiger partial charge is 0.382 e. The van der Waals surface area contributed by atoms with E-state index >= 15 is 0 Å². The maximum Gasteiger partial charge on any atom is 0.433 e. The van der Waals surface area contributed by atoms with Crippen LogP contribution in [0.2, 0.25) is 0 Å². The number of pyridine rings is 1. The lowest BCUT2D eigenvalue weighted by Crippen LogP contribution is -2.48. The van der Waals surface area contributed by atoms with Gasteiger partial charge in [-0.25, -0.2) is 4.98 Å². The van der Waals surface area contributed by atoms with Crippen LogP contribution >= 0.6 is 0 Å². The number of nitrogens with zero attached hydrogens (tertiary/aromatic N) is 1. The van der Waals surface area contributed by atoms with Gasteiger partial charge in [-0.1, -0.05) is 24.3 Å². The molecule has 176 valence electrons. The minimum atomic E-state index is -4.52. The Kier molecular flexibility index (Phi) is 5.39. The lowest BCUT2D eigenvalue weighted by molar-refractivity contribution is -0.141. The van der Waals surface area contributed by atoms with Crippen molar-refractivity contribution in [2.45, 2.75) is 68.8 Å². The molecule has 2 aliphatic carbocycles. The average molecular weight is 460 g/mol.